The van der Waals surface area contributed by atoms with Crippen LogP contribution in [-0.4, -0.2) is 26.7 Å². The summed E-state index contributed by atoms with van der Waals surface area (Å²) in [5.41, 5.74) is 3.88. The quantitative estimate of drug-likeness (QED) is 0.497. The molecule has 0 atom stereocenters. The van der Waals surface area contributed by atoms with Gasteiger partial charge in [-0.15, -0.1) is 21.5 Å². The lowest BCUT2D eigenvalue weighted by molar-refractivity contribution is 0.102. The first-order chi connectivity index (χ1) is 11.4. The van der Waals surface area contributed by atoms with Gasteiger partial charge < -0.3 is 4.42 Å². The van der Waals surface area contributed by atoms with Crippen molar-refractivity contribution in [2.24, 2.45) is 0 Å². The molecule has 0 unspecified atom stereocenters. The molecule has 5 nitrogen and oxygen atoms in total. The number of carbonyl (C=O) groups is 1. The Morgan fingerprint density at radius 3 is 2.62 bits per heavy atom. The largest absolute Gasteiger partial charge is 0.410 e. The predicted octanol–water partition coefficient (Wildman–Crippen LogP) is 4.40. The monoisotopic (exact) mass is 359 g/mol. The van der Waals surface area contributed by atoms with Crippen LogP contribution in [0.4, 0.5) is 0 Å². The van der Waals surface area contributed by atoms with Gasteiger partial charge >= 0.3 is 0 Å². The molecule has 0 N–H and O–H groups in total. The van der Waals surface area contributed by atoms with Crippen LogP contribution in [0.5, 0.6) is 0 Å². The minimum Gasteiger partial charge on any atom is -0.410 e. The number of Topliss-reactive ketones (excluding diaryl/α,β-unsaturated/α-hetero) is 1. The van der Waals surface area contributed by atoms with Crippen molar-refractivity contribution in [2.45, 2.75) is 32.9 Å². The Kier molecular flexibility index (Phi) is 4.82. The summed E-state index contributed by atoms with van der Waals surface area (Å²) in [6.07, 6.45) is 0. The molecule has 2 aromatic heterocycles. The van der Waals surface area contributed by atoms with E-state index in [1.807, 2.05) is 45.9 Å². The van der Waals surface area contributed by atoms with Gasteiger partial charge in [-0.3, -0.25) is 4.79 Å². The van der Waals surface area contributed by atoms with E-state index in [-0.39, 0.29) is 11.5 Å². The zero-order valence-electron chi connectivity index (χ0n) is 13.9. The third kappa shape index (κ3) is 3.57. The van der Waals surface area contributed by atoms with Gasteiger partial charge in [0.05, 0.1) is 16.5 Å². The van der Waals surface area contributed by atoms with Crippen LogP contribution >= 0.6 is 23.1 Å². The maximum Gasteiger partial charge on any atom is 0.277 e. The van der Waals surface area contributed by atoms with Crippen molar-refractivity contribution in [3.05, 3.63) is 45.6 Å². The maximum atomic E-state index is 12.3. The Bertz CT molecular complexity index is 899. The molecule has 0 aliphatic rings. The SMILES string of the molecule is Cc1nc(C)c(-c2nnc(SCC(=O)c3ccc(C)c(C)c3)o2)s1. The van der Waals surface area contributed by atoms with Crippen molar-refractivity contribution in [3.8, 4) is 10.8 Å². The topological polar surface area (TPSA) is 68.9 Å². The van der Waals surface area contributed by atoms with Crippen molar-refractivity contribution in [2.75, 3.05) is 5.75 Å². The fourth-order valence-corrected chi connectivity index (χ4v) is 3.71. The van der Waals surface area contributed by atoms with Gasteiger partial charge in [0.1, 0.15) is 4.88 Å². The van der Waals surface area contributed by atoms with E-state index in [1.54, 1.807) is 0 Å². The highest BCUT2D eigenvalue weighted by Crippen LogP contribution is 2.30. The van der Waals surface area contributed by atoms with Gasteiger partial charge in [0.25, 0.3) is 11.1 Å². The molecule has 0 spiro atoms. The van der Waals surface area contributed by atoms with Gasteiger partial charge in [0.2, 0.25) is 0 Å². The smallest absolute Gasteiger partial charge is 0.277 e. The van der Waals surface area contributed by atoms with E-state index in [1.165, 1.54) is 28.7 Å². The second kappa shape index (κ2) is 6.86. The molecule has 0 aliphatic carbocycles. The van der Waals surface area contributed by atoms with Gasteiger partial charge in [-0.25, -0.2) is 4.98 Å². The number of aromatic nitrogens is 3. The Morgan fingerprint density at radius 1 is 1.17 bits per heavy atom. The average Bonchev–Trinajstić information content (AvgIpc) is 3.13. The third-order valence-corrected chi connectivity index (χ3v) is 5.54. The Morgan fingerprint density at radius 2 is 1.96 bits per heavy atom. The van der Waals surface area contributed by atoms with Crippen molar-refractivity contribution in [1.82, 2.24) is 15.2 Å². The highest BCUT2D eigenvalue weighted by Gasteiger charge is 2.16. The lowest BCUT2D eigenvalue weighted by Crippen LogP contribution is -2.03. The van der Waals surface area contributed by atoms with Crippen molar-refractivity contribution in [3.63, 3.8) is 0 Å². The van der Waals surface area contributed by atoms with Gasteiger partial charge in [0.15, 0.2) is 5.78 Å². The Balaban J connectivity index is 1.68. The van der Waals surface area contributed by atoms with Gasteiger partial charge in [-0.1, -0.05) is 23.9 Å². The lowest BCUT2D eigenvalue weighted by Gasteiger charge is -2.03. The molecule has 0 fully saturated rings. The fraction of sp³-hybridized carbons (Fsp3) is 0.294. The number of thiazole rings is 1. The van der Waals surface area contributed by atoms with Crippen LogP contribution in [0.3, 0.4) is 0 Å². The summed E-state index contributed by atoms with van der Waals surface area (Å²) in [6.45, 7) is 7.89. The number of aryl methyl sites for hydroxylation is 4. The summed E-state index contributed by atoms with van der Waals surface area (Å²) in [7, 11) is 0. The van der Waals surface area contributed by atoms with Crippen LogP contribution < -0.4 is 0 Å². The van der Waals surface area contributed by atoms with E-state index in [0.717, 1.165) is 21.1 Å². The third-order valence-electron chi connectivity index (χ3n) is 3.66. The number of hydrogen-bond donors (Lipinski definition) is 0. The van der Waals surface area contributed by atoms with Gasteiger partial charge in [-0.2, -0.15) is 0 Å². The number of ketones is 1. The van der Waals surface area contributed by atoms with E-state index in [0.29, 0.717) is 16.7 Å². The van der Waals surface area contributed by atoms with Crippen LogP contribution in [-0.2, 0) is 0 Å². The van der Waals surface area contributed by atoms with Crippen molar-refractivity contribution in [1.29, 1.82) is 0 Å². The molecular formula is C17H17N3O2S2. The molecule has 0 bridgehead atoms. The molecule has 0 saturated carbocycles. The van der Waals surface area contributed by atoms with Crippen molar-refractivity contribution >= 4 is 28.9 Å². The second-order valence-electron chi connectivity index (χ2n) is 5.53. The zero-order chi connectivity index (χ0) is 17.3. The first kappa shape index (κ1) is 16.9. The number of thioether (sulfide) groups is 1. The summed E-state index contributed by atoms with van der Waals surface area (Å²) in [5.74, 6) is 0.775. The standard InChI is InChI=1S/C17H17N3O2S2/c1-9-5-6-13(7-10(9)2)14(21)8-23-17-20-19-16(22-17)15-11(3)18-12(4)24-15/h5-7H,8H2,1-4H3. The predicted molar refractivity (Wildman–Crippen MR) is 95.9 cm³/mol. The number of carbonyl (C=O) groups excluding carboxylic acids is 1. The normalized spacial score (nSPS) is 11.0. The van der Waals surface area contributed by atoms with Crippen LogP contribution in [0, 0.1) is 27.7 Å². The summed E-state index contributed by atoms with van der Waals surface area (Å²) in [6, 6.07) is 5.74. The lowest BCUT2D eigenvalue weighted by atomic mass is 10.0. The highest BCUT2D eigenvalue weighted by molar-refractivity contribution is 7.99. The van der Waals surface area contributed by atoms with E-state index < -0.39 is 0 Å². The number of nitrogens with zero attached hydrogens (tertiary/aromatic N) is 3. The fourth-order valence-electron chi connectivity index (χ4n) is 2.22. The molecular weight excluding hydrogens is 342 g/mol. The van der Waals surface area contributed by atoms with Gasteiger partial charge in [-0.05, 0) is 44.9 Å². The average molecular weight is 359 g/mol. The second-order valence-corrected chi connectivity index (χ2v) is 7.66. The molecule has 124 valence electrons. The Labute approximate surface area is 148 Å². The molecule has 24 heavy (non-hydrogen) atoms. The molecule has 7 heteroatoms. The molecule has 2 heterocycles. The van der Waals surface area contributed by atoms with E-state index in [2.05, 4.69) is 15.2 Å². The number of rotatable bonds is 5. The molecule has 0 aliphatic heterocycles. The van der Waals surface area contributed by atoms with Gasteiger partial charge in [0, 0.05) is 5.56 Å². The molecule has 0 radical (unpaired) electrons. The summed E-state index contributed by atoms with van der Waals surface area (Å²) < 4.78 is 5.65. The van der Waals surface area contributed by atoms with E-state index in [4.69, 9.17) is 4.42 Å². The van der Waals surface area contributed by atoms with E-state index in [9.17, 15) is 4.79 Å². The summed E-state index contributed by atoms with van der Waals surface area (Å²) in [4.78, 5) is 17.5. The molecule has 1 aromatic carbocycles. The molecule has 3 rings (SSSR count). The van der Waals surface area contributed by atoms with E-state index >= 15 is 0 Å². The number of benzene rings is 1. The minimum atomic E-state index is 0.0488. The highest BCUT2D eigenvalue weighted by atomic mass is 32.2. The minimum absolute atomic E-state index is 0.0488. The molecule has 3 aromatic rings. The van der Waals surface area contributed by atoms with Crippen LogP contribution in [0.1, 0.15) is 32.2 Å². The number of hydrogen-bond acceptors (Lipinski definition) is 7. The molecule has 0 amide bonds. The molecule has 0 saturated heterocycles. The zero-order valence-corrected chi connectivity index (χ0v) is 15.5. The maximum absolute atomic E-state index is 12.3. The Hall–Kier alpha value is -1.99. The summed E-state index contributed by atoms with van der Waals surface area (Å²) >= 11 is 2.78. The van der Waals surface area contributed by atoms with Crippen molar-refractivity contribution < 1.29 is 9.21 Å². The van der Waals surface area contributed by atoms with Crippen LogP contribution in [0.15, 0.2) is 27.8 Å². The van der Waals surface area contributed by atoms with Crippen LogP contribution in [0.2, 0.25) is 0 Å². The first-order valence-corrected chi connectivity index (χ1v) is 9.25. The van der Waals surface area contributed by atoms with Crippen LogP contribution in [0.25, 0.3) is 10.8 Å². The first-order valence-electron chi connectivity index (χ1n) is 7.45. The summed E-state index contributed by atoms with van der Waals surface area (Å²) in [5, 5.41) is 9.43.